The molecule has 19 heavy (non-hydrogen) atoms. The number of hydrogen-bond acceptors (Lipinski definition) is 5. The Morgan fingerprint density at radius 2 is 2.37 bits per heavy atom. The second-order valence-corrected chi connectivity index (χ2v) is 4.45. The maximum atomic E-state index is 11.7. The molecule has 0 saturated heterocycles. The highest BCUT2D eigenvalue weighted by atomic mass is 16.5. The van der Waals surface area contributed by atoms with Crippen LogP contribution in [0.1, 0.15) is 26.0 Å². The molecule has 0 radical (unpaired) electrons. The zero-order chi connectivity index (χ0) is 14.1. The van der Waals surface area contributed by atoms with Crippen molar-refractivity contribution in [2.45, 2.75) is 39.4 Å². The summed E-state index contributed by atoms with van der Waals surface area (Å²) in [7, 11) is 1.66. The number of hydrogen-bond donors (Lipinski definition) is 2. The molecular weight excluding hydrogens is 246 g/mol. The molecule has 1 unspecified atom stereocenters. The van der Waals surface area contributed by atoms with Gasteiger partial charge in [-0.3, -0.25) is 4.79 Å². The number of amides is 1. The molecule has 1 atom stereocenters. The van der Waals surface area contributed by atoms with E-state index < -0.39 is 0 Å². The van der Waals surface area contributed by atoms with Crippen molar-refractivity contribution in [3.63, 3.8) is 0 Å². The molecule has 1 amide bonds. The number of nitrogens with zero attached hydrogens (tertiary/aromatic N) is 3. The Balaban J connectivity index is 2.31. The largest absolute Gasteiger partial charge is 0.383 e. The van der Waals surface area contributed by atoms with Gasteiger partial charge in [-0.05, 0) is 13.3 Å². The minimum atomic E-state index is -0.0434. The second kappa shape index (κ2) is 8.60. The van der Waals surface area contributed by atoms with E-state index in [0.717, 1.165) is 18.7 Å². The van der Waals surface area contributed by atoms with Gasteiger partial charge in [0.15, 0.2) is 0 Å². The lowest BCUT2D eigenvalue weighted by atomic mass is 10.2. The summed E-state index contributed by atoms with van der Waals surface area (Å²) in [5, 5.41) is 14.0. The minimum absolute atomic E-state index is 0.0434. The van der Waals surface area contributed by atoms with E-state index in [2.05, 4.69) is 20.9 Å². The molecular formula is C12H23N5O2. The maximum Gasteiger partial charge on any atom is 0.242 e. The third-order valence-corrected chi connectivity index (χ3v) is 2.70. The molecule has 0 aromatic carbocycles. The molecule has 7 heteroatoms. The Kier molecular flexibility index (Phi) is 7.06. The summed E-state index contributed by atoms with van der Waals surface area (Å²) in [6.45, 7) is 6.25. The summed E-state index contributed by atoms with van der Waals surface area (Å²) in [5.74, 6) is -0.0434. The van der Waals surface area contributed by atoms with E-state index in [-0.39, 0.29) is 18.5 Å². The molecule has 1 heterocycles. The van der Waals surface area contributed by atoms with Crippen LogP contribution in [0.15, 0.2) is 6.20 Å². The Bertz CT molecular complexity index is 380. The zero-order valence-corrected chi connectivity index (χ0v) is 11.8. The van der Waals surface area contributed by atoms with Crippen molar-refractivity contribution < 1.29 is 9.53 Å². The lowest BCUT2D eigenvalue weighted by Gasteiger charge is -2.10. The zero-order valence-electron chi connectivity index (χ0n) is 11.8. The summed E-state index contributed by atoms with van der Waals surface area (Å²) < 4.78 is 6.48. The molecule has 1 rings (SSSR count). The number of rotatable bonds is 9. The summed E-state index contributed by atoms with van der Waals surface area (Å²) in [5.41, 5.74) is 0.812. The molecule has 0 spiro atoms. The standard InChI is InChI=1S/C12H23N5O2/c1-4-10(2)14-12(18)9-17-8-11(15-16-17)7-13-5-6-19-3/h8,10,13H,4-7,9H2,1-3H3,(H,14,18). The van der Waals surface area contributed by atoms with Crippen LogP contribution < -0.4 is 10.6 Å². The van der Waals surface area contributed by atoms with Gasteiger partial charge in [-0.1, -0.05) is 12.1 Å². The summed E-state index contributed by atoms with van der Waals surface area (Å²) in [6, 6.07) is 0.186. The van der Waals surface area contributed by atoms with Crippen molar-refractivity contribution in [1.82, 2.24) is 25.6 Å². The third kappa shape index (κ3) is 6.30. The third-order valence-electron chi connectivity index (χ3n) is 2.70. The quantitative estimate of drug-likeness (QED) is 0.613. The Hall–Kier alpha value is -1.47. The predicted molar refractivity (Wildman–Crippen MR) is 71.5 cm³/mol. The van der Waals surface area contributed by atoms with E-state index >= 15 is 0 Å². The number of carbonyl (C=O) groups excluding carboxylic acids is 1. The van der Waals surface area contributed by atoms with Crippen LogP contribution >= 0.6 is 0 Å². The second-order valence-electron chi connectivity index (χ2n) is 4.45. The van der Waals surface area contributed by atoms with Gasteiger partial charge in [0, 0.05) is 26.2 Å². The fourth-order valence-corrected chi connectivity index (χ4v) is 1.46. The first-order chi connectivity index (χ1) is 9.15. The fourth-order valence-electron chi connectivity index (χ4n) is 1.46. The van der Waals surface area contributed by atoms with Crippen LogP contribution in [0.5, 0.6) is 0 Å². The monoisotopic (exact) mass is 269 g/mol. The van der Waals surface area contributed by atoms with Gasteiger partial charge in [0.25, 0.3) is 0 Å². The van der Waals surface area contributed by atoms with Crippen molar-refractivity contribution in [1.29, 1.82) is 0 Å². The van der Waals surface area contributed by atoms with Crippen LogP contribution in [0.2, 0.25) is 0 Å². The van der Waals surface area contributed by atoms with Crippen molar-refractivity contribution in [2.75, 3.05) is 20.3 Å². The molecule has 0 fully saturated rings. The molecule has 7 nitrogen and oxygen atoms in total. The van der Waals surface area contributed by atoms with E-state index in [4.69, 9.17) is 4.74 Å². The highest BCUT2D eigenvalue weighted by Gasteiger charge is 2.08. The van der Waals surface area contributed by atoms with Gasteiger partial charge in [-0.15, -0.1) is 5.10 Å². The summed E-state index contributed by atoms with van der Waals surface area (Å²) in [6.07, 6.45) is 2.69. The Morgan fingerprint density at radius 3 is 3.05 bits per heavy atom. The average Bonchev–Trinajstić information content (AvgIpc) is 2.82. The Labute approximate surface area is 113 Å². The van der Waals surface area contributed by atoms with Gasteiger partial charge in [-0.25, -0.2) is 4.68 Å². The molecule has 1 aromatic heterocycles. The van der Waals surface area contributed by atoms with E-state index in [9.17, 15) is 4.79 Å². The average molecular weight is 269 g/mol. The molecule has 108 valence electrons. The van der Waals surface area contributed by atoms with Crippen LogP contribution in [0.3, 0.4) is 0 Å². The SMILES string of the molecule is CCC(C)NC(=O)Cn1cc(CNCCOC)nn1. The van der Waals surface area contributed by atoms with Crippen LogP contribution in [0.4, 0.5) is 0 Å². The lowest BCUT2D eigenvalue weighted by Crippen LogP contribution is -2.34. The summed E-state index contributed by atoms with van der Waals surface area (Å²) in [4.78, 5) is 11.7. The van der Waals surface area contributed by atoms with Crippen LogP contribution in [-0.2, 0) is 22.6 Å². The van der Waals surface area contributed by atoms with Crippen molar-refractivity contribution in [3.8, 4) is 0 Å². The van der Waals surface area contributed by atoms with E-state index in [1.807, 2.05) is 13.8 Å². The topological polar surface area (TPSA) is 81.1 Å². The minimum Gasteiger partial charge on any atom is -0.383 e. The maximum absolute atomic E-state index is 11.7. The fraction of sp³-hybridized carbons (Fsp3) is 0.750. The van der Waals surface area contributed by atoms with Gasteiger partial charge in [0.2, 0.25) is 5.91 Å². The number of nitrogens with one attached hydrogen (secondary N) is 2. The van der Waals surface area contributed by atoms with Gasteiger partial charge < -0.3 is 15.4 Å². The van der Waals surface area contributed by atoms with Crippen LogP contribution in [0.25, 0.3) is 0 Å². The normalized spacial score (nSPS) is 12.4. The number of aromatic nitrogens is 3. The molecule has 0 saturated carbocycles. The molecule has 0 aliphatic carbocycles. The van der Waals surface area contributed by atoms with Crippen LogP contribution in [-0.4, -0.2) is 47.2 Å². The molecule has 2 N–H and O–H groups in total. The van der Waals surface area contributed by atoms with E-state index in [1.54, 1.807) is 18.0 Å². The summed E-state index contributed by atoms with van der Waals surface area (Å²) >= 11 is 0. The Morgan fingerprint density at radius 1 is 1.58 bits per heavy atom. The van der Waals surface area contributed by atoms with E-state index in [1.165, 1.54) is 0 Å². The first kappa shape index (κ1) is 15.6. The molecule has 0 bridgehead atoms. The number of ether oxygens (including phenoxy) is 1. The smallest absolute Gasteiger partial charge is 0.242 e. The van der Waals surface area contributed by atoms with Crippen LogP contribution in [0, 0.1) is 0 Å². The molecule has 0 aliphatic rings. The molecule has 1 aromatic rings. The van der Waals surface area contributed by atoms with Gasteiger partial charge >= 0.3 is 0 Å². The van der Waals surface area contributed by atoms with Gasteiger partial charge in [-0.2, -0.15) is 0 Å². The van der Waals surface area contributed by atoms with Crippen molar-refractivity contribution in [3.05, 3.63) is 11.9 Å². The van der Waals surface area contributed by atoms with Gasteiger partial charge in [0.05, 0.1) is 18.5 Å². The first-order valence-electron chi connectivity index (χ1n) is 6.53. The number of carbonyl (C=O) groups is 1. The van der Waals surface area contributed by atoms with Crippen molar-refractivity contribution in [2.24, 2.45) is 0 Å². The highest BCUT2D eigenvalue weighted by Crippen LogP contribution is 1.94. The van der Waals surface area contributed by atoms with E-state index in [0.29, 0.717) is 13.2 Å². The lowest BCUT2D eigenvalue weighted by molar-refractivity contribution is -0.122. The predicted octanol–water partition coefficient (Wildman–Crippen LogP) is -0.0712. The van der Waals surface area contributed by atoms with Crippen molar-refractivity contribution >= 4 is 5.91 Å². The number of methoxy groups -OCH3 is 1. The van der Waals surface area contributed by atoms with Gasteiger partial charge in [0.1, 0.15) is 6.54 Å². The molecule has 0 aliphatic heterocycles. The highest BCUT2D eigenvalue weighted by molar-refractivity contribution is 5.75. The first-order valence-corrected chi connectivity index (χ1v) is 6.53.